The van der Waals surface area contributed by atoms with Crippen molar-refractivity contribution in [2.24, 2.45) is 0 Å². The fourth-order valence-corrected chi connectivity index (χ4v) is 10.9. The lowest BCUT2D eigenvalue weighted by Crippen LogP contribution is -1.92. The molecule has 0 unspecified atom stereocenters. The molecule has 69 heavy (non-hydrogen) atoms. The molecule has 0 saturated carbocycles. The molecular formula is C66H42N2O. The van der Waals surface area contributed by atoms with Crippen LogP contribution in [-0.4, -0.2) is 9.13 Å². The van der Waals surface area contributed by atoms with E-state index in [0.29, 0.717) is 0 Å². The zero-order chi connectivity index (χ0) is 45.4. The first-order chi connectivity index (χ1) is 34.2. The van der Waals surface area contributed by atoms with Crippen LogP contribution in [-0.2, 0) is 0 Å². The molecule has 11 aromatic carbocycles. The summed E-state index contributed by atoms with van der Waals surface area (Å²) >= 11 is 0. The minimum atomic E-state index is 0.882. The maximum absolute atomic E-state index is 6.56. The highest BCUT2D eigenvalue weighted by Crippen LogP contribution is 2.42. The van der Waals surface area contributed by atoms with E-state index in [4.69, 9.17) is 4.42 Å². The van der Waals surface area contributed by atoms with Crippen LogP contribution in [0.2, 0.25) is 0 Å². The molecule has 0 aliphatic heterocycles. The lowest BCUT2D eigenvalue weighted by atomic mass is 9.93. The van der Waals surface area contributed by atoms with Gasteiger partial charge >= 0.3 is 0 Å². The van der Waals surface area contributed by atoms with E-state index in [2.05, 4.69) is 264 Å². The first-order valence-corrected chi connectivity index (χ1v) is 23.6. The maximum atomic E-state index is 6.56. The summed E-state index contributed by atoms with van der Waals surface area (Å²) in [6, 6.07) is 92.4. The molecule has 0 aliphatic carbocycles. The molecule has 0 radical (unpaired) electrons. The molecular weight excluding hydrogens is 837 g/mol. The molecule has 3 heterocycles. The van der Waals surface area contributed by atoms with Crippen LogP contribution < -0.4 is 0 Å². The average molecular weight is 879 g/mol. The molecule has 14 aromatic rings. The number of furan rings is 1. The van der Waals surface area contributed by atoms with E-state index in [1.54, 1.807) is 0 Å². The predicted octanol–water partition coefficient (Wildman–Crippen LogP) is 18.1. The molecule has 3 heteroatoms. The summed E-state index contributed by atoms with van der Waals surface area (Å²) in [5, 5.41) is 7.22. The summed E-state index contributed by atoms with van der Waals surface area (Å²) in [6.45, 7) is 0. The van der Waals surface area contributed by atoms with Crippen molar-refractivity contribution in [3.05, 3.63) is 255 Å². The van der Waals surface area contributed by atoms with Gasteiger partial charge in [-0.1, -0.05) is 158 Å². The second-order valence-corrected chi connectivity index (χ2v) is 18.1. The van der Waals surface area contributed by atoms with Gasteiger partial charge in [-0.3, -0.25) is 0 Å². The Kier molecular flexibility index (Phi) is 8.90. The summed E-state index contributed by atoms with van der Waals surface area (Å²) < 4.78 is 11.3. The second kappa shape index (κ2) is 15.7. The smallest absolute Gasteiger partial charge is 0.136 e. The maximum Gasteiger partial charge on any atom is 0.136 e. The molecule has 0 saturated heterocycles. The third kappa shape index (κ3) is 6.43. The van der Waals surface area contributed by atoms with Crippen molar-refractivity contribution < 1.29 is 4.42 Å². The first-order valence-electron chi connectivity index (χ1n) is 23.6. The molecule has 0 N–H and O–H groups in total. The van der Waals surface area contributed by atoms with Gasteiger partial charge in [0.15, 0.2) is 0 Å². The summed E-state index contributed by atoms with van der Waals surface area (Å²) in [6.07, 6.45) is 0. The van der Waals surface area contributed by atoms with Gasteiger partial charge in [0, 0.05) is 43.7 Å². The van der Waals surface area contributed by atoms with Crippen molar-refractivity contribution >= 4 is 65.6 Å². The Labute approximate surface area is 399 Å². The molecule has 3 nitrogen and oxygen atoms in total. The summed E-state index contributed by atoms with van der Waals surface area (Å²) in [4.78, 5) is 0. The standard InChI is InChI=1S/C66H42N2O/c1-3-21-52(22-4-1)67-60-28-9-7-25-55(60)57-40-48(31-34-62(57)67)46-18-12-16-44(38-46)43-15-11-17-45(37-43)47-19-13-20-51(39-47)54-27-14-30-65-66(54)59-42-50(33-36-64(59)69-65)49-32-35-63-58(41-49)56-26-8-10-29-61(56)68(63)53-23-5-2-6-24-53/h1-42H. The number of hydrogen-bond acceptors (Lipinski definition) is 1. The fraction of sp³-hybridized carbons (Fsp3) is 0. The molecule has 0 bridgehead atoms. The molecule has 322 valence electrons. The molecule has 0 atom stereocenters. The lowest BCUT2D eigenvalue weighted by Gasteiger charge is -2.11. The van der Waals surface area contributed by atoms with Crippen molar-refractivity contribution in [2.75, 3.05) is 0 Å². The van der Waals surface area contributed by atoms with Crippen LogP contribution in [0.4, 0.5) is 0 Å². The highest BCUT2D eigenvalue weighted by atomic mass is 16.3. The number of para-hydroxylation sites is 4. The van der Waals surface area contributed by atoms with Crippen molar-refractivity contribution in [3.63, 3.8) is 0 Å². The molecule has 3 aromatic heterocycles. The molecule has 0 spiro atoms. The van der Waals surface area contributed by atoms with E-state index in [1.807, 2.05) is 0 Å². The largest absolute Gasteiger partial charge is 0.456 e. The number of benzene rings is 11. The van der Waals surface area contributed by atoms with E-state index >= 15 is 0 Å². The Balaban J connectivity index is 0.811. The van der Waals surface area contributed by atoms with Crippen LogP contribution >= 0.6 is 0 Å². The molecule has 0 amide bonds. The van der Waals surface area contributed by atoms with Crippen LogP contribution in [0.25, 0.3) is 133 Å². The topological polar surface area (TPSA) is 23.0 Å². The third-order valence-electron chi connectivity index (χ3n) is 14.1. The Morgan fingerprint density at radius 3 is 1.14 bits per heavy atom. The van der Waals surface area contributed by atoms with Crippen LogP contribution in [0.3, 0.4) is 0 Å². The Hall–Kier alpha value is -9.18. The van der Waals surface area contributed by atoms with Crippen molar-refractivity contribution in [2.45, 2.75) is 0 Å². The summed E-state index contributed by atoms with van der Waals surface area (Å²) in [5.74, 6) is 0. The summed E-state index contributed by atoms with van der Waals surface area (Å²) in [5.41, 5.74) is 20.6. The van der Waals surface area contributed by atoms with Gasteiger partial charge < -0.3 is 13.6 Å². The normalized spacial score (nSPS) is 11.8. The van der Waals surface area contributed by atoms with Crippen molar-refractivity contribution in [1.29, 1.82) is 0 Å². The second-order valence-electron chi connectivity index (χ2n) is 18.1. The van der Waals surface area contributed by atoms with E-state index in [0.717, 1.165) is 44.3 Å². The van der Waals surface area contributed by atoms with Gasteiger partial charge in [-0.15, -0.1) is 0 Å². The first kappa shape index (κ1) is 39.0. The number of rotatable bonds is 7. The van der Waals surface area contributed by atoms with Gasteiger partial charge in [-0.2, -0.15) is 0 Å². The summed E-state index contributed by atoms with van der Waals surface area (Å²) in [7, 11) is 0. The third-order valence-corrected chi connectivity index (χ3v) is 14.1. The van der Waals surface area contributed by atoms with E-state index in [9.17, 15) is 0 Å². The zero-order valence-electron chi connectivity index (χ0n) is 37.6. The van der Waals surface area contributed by atoms with Gasteiger partial charge in [-0.05, 0) is 153 Å². The average Bonchev–Trinajstić information content (AvgIpc) is 4.08. The van der Waals surface area contributed by atoms with E-state index in [1.165, 1.54) is 88.2 Å². The monoisotopic (exact) mass is 878 g/mol. The zero-order valence-corrected chi connectivity index (χ0v) is 37.6. The minimum Gasteiger partial charge on any atom is -0.456 e. The number of nitrogens with zero attached hydrogens (tertiary/aromatic N) is 2. The van der Waals surface area contributed by atoms with Crippen LogP contribution in [0.5, 0.6) is 0 Å². The Bertz CT molecular complexity index is 4300. The lowest BCUT2D eigenvalue weighted by molar-refractivity contribution is 0.669. The SMILES string of the molecule is c1ccc(-n2c3ccccc3c3cc(-c4cccc(-c5cccc(-c6cccc(-c7cccc8oc9ccc(-c%10ccc%11c(c%10)c%10ccccc%10n%11-c%10ccccc%10)cc9c78)c6)c5)c4)ccc32)cc1. The molecule has 0 fully saturated rings. The highest BCUT2D eigenvalue weighted by molar-refractivity contribution is 6.15. The van der Waals surface area contributed by atoms with Gasteiger partial charge in [0.1, 0.15) is 11.2 Å². The predicted molar refractivity (Wildman–Crippen MR) is 290 cm³/mol. The molecule has 0 aliphatic rings. The van der Waals surface area contributed by atoms with Gasteiger partial charge in [-0.25, -0.2) is 0 Å². The van der Waals surface area contributed by atoms with Crippen molar-refractivity contribution in [3.8, 4) is 67.0 Å². The minimum absolute atomic E-state index is 0.882. The highest BCUT2D eigenvalue weighted by Gasteiger charge is 2.18. The van der Waals surface area contributed by atoms with E-state index < -0.39 is 0 Å². The van der Waals surface area contributed by atoms with Gasteiger partial charge in [0.25, 0.3) is 0 Å². The van der Waals surface area contributed by atoms with Crippen LogP contribution in [0.15, 0.2) is 259 Å². The Morgan fingerprint density at radius 2 is 0.623 bits per heavy atom. The Morgan fingerprint density at radius 1 is 0.232 bits per heavy atom. The van der Waals surface area contributed by atoms with Crippen LogP contribution in [0, 0.1) is 0 Å². The van der Waals surface area contributed by atoms with Gasteiger partial charge in [0.05, 0.1) is 22.1 Å². The fourth-order valence-electron chi connectivity index (χ4n) is 10.9. The van der Waals surface area contributed by atoms with E-state index in [-0.39, 0.29) is 0 Å². The van der Waals surface area contributed by atoms with Crippen molar-refractivity contribution in [1.82, 2.24) is 9.13 Å². The quantitative estimate of drug-likeness (QED) is 0.156. The number of aromatic nitrogens is 2. The number of hydrogen-bond donors (Lipinski definition) is 0. The molecule has 14 rings (SSSR count). The van der Waals surface area contributed by atoms with Crippen LogP contribution in [0.1, 0.15) is 0 Å². The number of fused-ring (bicyclic) bond motifs is 9. The van der Waals surface area contributed by atoms with Gasteiger partial charge in [0.2, 0.25) is 0 Å².